The van der Waals surface area contributed by atoms with Crippen LogP contribution in [0.4, 0.5) is 0 Å². The van der Waals surface area contributed by atoms with E-state index in [-0.39, 0.29) is 11.9 Å². The van der Waals surface area contributed by atoms with Crippen LogP contribution in [0.3, 0.4) is 0 Å². The lowest BCUT2D eigenvalue weighted by atomic mass is 10.1. The molecule has 0 atom stereocenters. The molecule has 0 bridgehead atoms. The molecule has 0 unspecified atom stereocenters. The fourth-order valence-electron chi connectivity index (χ4n) is 2.65. The molecule has 2 aromatic rings. The molecular weight excluding hydrogens is 258 g/mol. The van der Waals surface area contributed by atoms with Crippen LogP contribution in [-0.2, 0) is 4.74 Å². The van der Waals surface area contributed by atoms with Crippen LogP contribution in [0.1, 0.15) is 30.1 Å². The van der Waals surface area contributed by atoms with Gasteiger partial charge < -0.3 is 9.64 Å². The molecule has 0 N–H and O–H groups in total. The zero-order valence-electron chi connectivity index (χ0n) is 11.4. The van der Waals surface area contributed by atoms with Crippen molar-refractivity contribution >= 4 is 16.9 Å². The Labute approximate surface area is 116 Å². The molecule has 20 heavy (non-hydrogen) atoms. The van der Waals surface area contributed by atoms with Gasteiger partial charge in [0.15, 0.2) is 0 Å². The summed E-state index contributed by atoms with van der Waals surface area (Å²) in [6, 6.07) is 5.52. The van der Waals surface area contributed by atoms with E-state index in [4.69, 9.17) is 4.74 Å². The quantitative estimate of drug-likeness (QED) is 0.855. The zero-order chi connectivity index (χ0) is 13.9. The lowest BCUT2D eigenvalue weighted by Gasteiger charge is -2.33. The number of benzene rings is 1. The van der Waals surface area contributed by atoms with Gasteiger partial charge in [0.1, 0.15) is 11.0 Å². The minimum atomic E-state index is 0.0318. The van der Waals surface area contributed by atoms with E-state index >= 15 is 0 Å². The number of fused-ring (bicyclic) bond motifs is 1. The third-order valence-electron chi connectivity index (χ3n) is 3.73. The molecule has 1 aliphatic rings. The molecule has 1 amide bonds. The van der Waals surface area contributed by atoms with Crippen molar-refractivity contribution in [3.05, 3.63) is 23.8 Å². The smallest absolute Gasteiger partial charge is 0.254 e. The van der Waals surface area contributed by atoms with Gasteiger partial charge in [0.05, 0.1) is 0 Å². The number of ether oxygens (including phenoxy) is 1. The highest BCUT2D eigenvalue weighted by Crippen LogP contribution is 2.19. The summed E-state index contributed by atoms with van der Waals surface area (Å²) in [5.74, 6) is 0.0318. The van der Waals surface area contributed by atoms with E-state index in [1.165, 1.54) is 0 Å². The van der Waals surface area contributed by atoms with E-state index in [2.05, 4.69) is 14.9 Å². The van der Waals surface area contributed by atoms with Crippen LogP contribution in [0.2, 0.25) is 0 Å². The summed E-state index contributed by atoms with van der Waals surface area (Å²) in [6.07, 6.45) is 1.79. The molecule has 1 aromatic heterocycles. The van der Waals surface area contributed by atoms with Crippen LogP contribution >= 0.6 is 0 Å². The summed E-state index contributed by atoms with van der Waals surface area (Å²) < 4.78 is 10.0. The van der Waals surface area contributed by atoms with E-state index in [0.717, 1.165) is 26.1 Å². The van der Waals surface area contributed by atoms with Crippen molar-refractivity contribution in [1.82, 2.24) is 15.2 Å². The van der Waals surface area contributed by atoms with Crippen molar-refractivity contribution in [3.8, 4) is 0 Å². The van der Waals surface area contributed by atoms with Crippen molar-refractivity contribution in [2.45, 2.75) is 25.8 Å². The summed E-state index contributed by atoms with van der Waals surface area (Å²) in [5, 5.41) is 7.53. The maximum Gasteiger partial charge on any atom is 0.254 e. The first kappa shape index (κ1) is 13.1. The van der Waals surface area contributed by atoms with Gasteiger partial charge in [-0.15, -0.1) is 0 Å². The van der Waals surface area contributed by atoms with Gasteiger partial charge >= 0.3 is 0 Å². The molecule has 0 saturated carbocycles. The molecule has 0 aliphatic carbocycles. The maximum atomic E-state index is 12.6. The zero-order valence-corrected chi connectivity index (χ0v) is 11.4. The van der Waals surface area contributed by atoms with Crippen LogP contribution in [0.25, 0.3) is 11.0 Å². The van der Waals surface area contributed by atoms with Gasteiger partial charge in [0, 0.05) is 31.4 Å². The van der Waals surface area contributed by atoms with Crippen molar-refractivity contribution in [1.29, 1.82) is 0 Å². The number of carbonyl (C=O) groups is 1. The Morgan fingerprint density at radius 2 is 2.05 bits per heavy atom. The standard InChI is InChI=1S/C14H17N3O3/c1-2-17(11-5-7-19-8-6-11)14(18)10-3-4-12-13(9-10)16-20-15-12/h3-4,9,11H,2,5-8H2,1H3. The predicted molar refractivity (Wildman–Crippen MR) is 72.4 cm³/mol. The largest absolute Gasteiger partial charge is 0.381 e. The number of rotatable bonds is 3. The molecule has 1 aliphatic heterocycles. The van der Waals surface area contributed by atoms with E-state index in [1.807, 2.05) is 11.8 Å². The maximum absolute atomic E-state index is 12.6. The Kier molecular flexibility index (Phi) is 3.64. The molecule has 6 heteroatoms. The van der Waals surface area contributed by atoms with E-state index in [1.54, 1.807) is 18.2 Å². The average molecular weight is 275 g/mol. The van der Waals surface area contributed by atoms with E-state index in [0.29, 0.717) is 23.1 Å². The van der Waals surface area contributed by atoms with Crippen LogP contribution in [0, 0.1) is 0 Å². The second-order valence-corrected chi connectivity index (χ2v) is 4.90. The minimum absolute atomic E-state index is 0.0318. The van der Waals surface area contributed by atoms with Gasteiger partial charge in [-0.2, -0.15) is 0 Å². The number of nitrogens with zero attached hydrogens (tertiary/aromatic N) is 3. The van der Waals surface area contributed by atoms with E-state index < -0.39 is 0 Å². The highest BCUT2D eigenvalue weighted by atomic mass is 16.6. The first-order valence-corrected chi connectivity index (χ1v) is 6.90. The van der Waals surface area contributed by atoms with Gasteiger partial charge in [-0.1, -0.05) is 0 Å². The van der Waals surface area contributed by atoms with Gasteiger partial charge in [0.2, 0.25) is 0 Å². The van der Waals surface area contributed by atoms with Crippen molar-refractivity contribution < 1.29 is 14.2 Å². The lowest BCUT2D eigenvalue weighted by Crippen LogP contribution is -2.43. The number of hydrogen-bond donors (Lipinski definition) is 0. The Balaban J connectivity index is 1.84. The average Bonchev–Trinajstić information content (AvgIpc) is 2.96. The number of hydrogen-bond acceptors (Lipinski definition) is 5. The predicted octanol–water partition coefficient (Wildman–Crippen LogP) is 1.86. The SMILES string of the molecule is CCN(C(=O)c1ccc2nonc2c1)C1CCOCC1. The molecule has 1 saturated heterocycles. The fourth-order valence-corrected chi connectivity index (χ4v) is 2.65. The number of aromatic nitrogens is 2. The number of amides is 1. The first-order valence-electron chi connectivity index (χ1n) is 6.90. The summed E-state index contributed by atoms with van der Waals surface area (Å²) in [4.78, 5) is 14.6. The number of carbonyl (C=O) groups excluding carboxylic acids is 1. The molecule has 106 valence electrons. The highest BCUT2D eigenvalue weighted by Gasteiger charge is 2.25. The normalized spacial score (nSPS) is 16.4. The molecule has 2 heterocycles. The molecule has 1 aromatic carbocycles. The molecule has 1 fully saturated rings. The Morgan fingerprint density at radius 3 is 2.80 bits per heavy atom. The minimum Gasteiger partial charge on any atom is -0.381 e. The van der Waals surface area contributed by atoms with E-state index in [9.17, 15) is 4.79 Å². The van der Waals surface area contributed by atoms with Crippen LogP contribution in [-0.4, -0.2) is 46.9 Å². The van der Waals surface area contributed by atoms with Crippen molar-refractivity contribution in [3.63, 3.8) is 0 Å². The topological polar surface area (TPSA) is 68.5 Å². The first-order chi connectivity index (χ1) is 9.79. The van der Waals surface area contributed by atoms with Gasteiger partial charge in [-0.25, -0.2) is 4.63 Å². The van der Waals surface area contributed by atoms with Crippen molar-refractivity contribution in [2.75, 3.05) is 19.8 Å². The third-order valence-corrected chi connectivity index (χ3v) is 3.73. The molecule has 0 spiro atoms. The molecule has 6 nitrogen and oxygen atoms in total. The summed E-state index contributed by atoms with van der Waals surface area (Å²) in [7, 11) is 0. The second kappa shape index (κ2) is 5.58. The molecular formula is C14H17N3O3. The second-order valence-electron chi connectivity index (χ2n) is 4.90. The van der Waals surface area contributed by atoms with Crippen molar-refractivity contribution in [2.24, 2.45) is 0 Å². The highest BCUT2D eigenvalue weighted by molar-refractivity contribution is 5.97. The van der Waals surface area contributed by atoms with Crippen LogP contribution in [0.15, 0.2) is 22.8 Å². The summed E-state index contributed by atoms with van der Waals surface area (Å²) in [5.41, 5.74) is 1.90. The van der Waals surface area contributed by atoms with Gasteiger partial charge in [-0.3, -0.25) is 4.79 Å². The van der Waals surface area contributed by atoms with Gasteiger partial charge in [-0.05, 0) is 48.3 Å². The van der Waals surface area contributed by atoms with Gasteiger partial charge in [0.25, 0.3) is 5.91 Å². The Hall–Kier alpha value is -1.95. The van der Waals surface area contributed by atoms with Crippen LogP contribution in [0.5, 0.6) is 0 Å². The Morgan fingerprint density at radius 1 is 1.30 bits per heavy atom. The van der Waals surface area contributed by atoms with Crippen LogP contribution < -0.4 is 0 Å². The molecule has 0 radical (unpaired) electrons. The monoisotopic (exact) mass is 275 g/mol. The molecule has 3 rings (SSSR count). The Bertz CT molecular complexity index is 604. The fraction of sp³-hybridized carbons (Fsp3) is 0.500. The summed E-state index contributed by atoms with van der Waals surface area (Å²) in [6.45, 7) is 4.14. The lowest BCUT2D eigenvalue weighted by molar-refractivity contribution is 0.0305. The third kappa shape index (κ3) is 2.38. The summed E-state index contributed by atoms with van der Waals surface area (Å²) >= 11 is 0.